The third-order valence-corrected chi connectivity index (χ3v) is 4.40. The van der Waals surface area contributed by atoms with Gasteiger partial charge in [-0.05, 0) is 49.0 Å². The number of benzene rings is 2. The highest BCUT2D eigenvalue weighted by atomic mass is 35.5. The summed E-state index contributed by atoms with van der Waals surface area (Å²) < 4.78 is 27.9. The van der Waals surface area contributed by atoms with Crippen LogP contribution in [0.5, 0.6) is 0 Å². The average molecular weight is 359 g/mol. The molecule has 1 unspecified atom stereocenters. The van der Waals surface area contributed by atoms with Gasteiger partial charge in [0.25, 0.3) is 0 Å². The van der Waals surface area contributed by atoms with Crippen LogP contribution in [-0.2, 0) is 6.54 Å². The first-order valence-corrected chi connectivity index (χ1v) is 8.23. The van der Waals surface area contributed by atoms with E-state index in [4.69, 9.17) is 11.6 Å². The van der Waals surface area contributed by atoms with Crippen molar-refractivity contribution in [1.82, 2.24) is 9.88 Å². The van der Waals surface area contributed by atoms with Crippen LogP contribution in [0.1, 0.15) is 22.9 Å². The van der Waals surface area contributed by atoms with Crippen molar-refractivity contribution in [2.24, 2.45) is 0 Å². The Morgan fingerprint density at radius 1 is 1.04 bits per heavy atom. The topological polar surface area (TPSA) is 16.1 Å². The zero-order valence-electron chi connectivity index (χ0n) is 13.7. The van der Waals surface area contributed by atoms with Crippen LogP contribution in [0.2, 0.25) is 5.02 Å². The Morgan fingerprint density at radius 3 is 2.52 bits per heavy atom. The van der Waals surface area contributed by atoms with Crippen LogP contribution >= 0.6 is 11.6 Å². The maximum atomic E-state index is 14.2. The normalized spacial score (nSPS) is 12.4. The van der Waals surface area contributed by atoms with Crippen molar-refractivity contribution >= 4 is 11.6 Å². The van der Waals surface area contributed by atoms with Crippen LogP contribution in [0.4, 0.5) is 8.78 Å². The van der Waals surface area contributed by atoms with Gasteiger partial charge < -0.3 is 0 Å². The van der Waals surface area contributed by atoms with E-state index in [-0.39, 0.29) is 24.2 Å². The van der Waals surface area contributed by atoms with Crippen molar-refractivity contribution < 1.29 is 8.78 Å². The number of pyridine rings is 1. The number of rotatable bonds is 5. The molecule has 1 aromatic heterocycles. The molecule has 0 saturated heterocycles. The zero-order valence-corrected chi connectivity index (χ0v) is 14.4. The van der Waals surface area contributed by atoms with Gasteiger partial charge in [-0.3, -0.25) is 9.88 Å². The first kappa shape index (κ1) is 17.5. The lowest BCUT2D eigenvalue weighted by Gasteiger charge is -2.28. The highest BCUT2D eigenvalue weighted by Gasteiger charge is 2.22. The van der Waals surface area contributed by atoms with Crippen LogP contribution in [0.15, 0.2) is 66.9 Å². The van der Waals surface area contributed by atoms with Crippen molar-refractivity contribution in [2.75, 3.05) is 7.05 Å². The van der Waals surface area contributed by atoms with Crippen molar-refractivity contribution in [2.45, 2.75) is 12.6 Å². The Balaban J connectivity index is 2.00. The molecule has 2 aromatic carbocycles. The minimum absolute atomic E-state index is 0.267. The molecule has 0 amide bonds. The molecule has 0 bridgehead atoms. The largest absolute Gasteiger partial charge is 0.290 e. The lowest BCUT2D eigenvalue weighted by molar-refractivity contribution is 0.262. The Bertz CT molecular complexity index is 835. The van der Waals surface area contributed by atoms with Gasteiger partial charge in [0.2, 0.25) is 0 Å². The summed E-state index contributed by atoms with van der Waals surface area (Å²) in [5, 5.41) is 0.367. The number of halogens is 3. The average Bonchev–Trinajstić information content (AvgIpc) is 2.60. The number of hydrogen-bond donors (Lipinski definition) is 0. The highest BCUT2D eigenvalue weighted by molar-refractivity contribution is 6.31. The fourth-order valence-corrected chi connectivity index (χ4v) is 3.11. The molecule has 0 saturated carbocycles. The van der Waals surface area contributed by atoms with Crippen molar-refractivity contribution in [1.29, 1.82) is 0 Å². The molecule has 128 valence electrons. The van der Waals surface area contributed by atoms with E-state index in [2.05, 4.69) is 4.98 Å². The number of hydrogen-bond acceptors (Lipinski definition) is 2. The second-order valence-corrected chi connectivity index (χ2v) is 6.23. The van der Waals surface area contributed by atoms with E-state index in [0.717, 1.165) is 11.3 Å². The molecule has 0 fully saturated rings. The summed E-state index contributed by atoms with van der Waals surface area (Å²) in [5.74, 6) is -0.686. The Kier molecular flexibility index (Phi) is 5.41. The van der Waals surface area contributed by atoms with Gasteiger partial charge in [0.1, 0.15) is 11.6 Å². The molecular weight excluding hydrogens is 342 g/mol. The first-order valence-electron chi connectivity index (χ1n) is 7.86. The van der Waals surface area contributed by atoms with E-state index in [9.17, 15) is 8.78 Å². The van der Waals surface area contributed by atoms with Gasteiger partial charge in [0.15, 0.2) is 0 Å². The summed E-state index contributed by atoms with van der Waals surface area (Å²) in [7, 11) is 1.84. The van der Waals surface area contributed by atoms with Crippen LogP contribution in [0.3, 0.4) is 0 Å². The van der Waals surface area contributed by atoms with E-state index in [1.807, 2.05) is 36.2 Å². The number of aromatic nitrogens is 1. The smallest absolute Gasteiger partial charge is 0.129 e. The van der Waals surface area contributed by atoms with E-state index >= 15 is 0 Å². The maximum absolute atomic E-state index is 14.2. The van der Waals surface area contributed by atoms with Gasteiger partial charge in [-0.25, -0.2) is 8.78 Å². The molecule has 0 spiro atoms. The molecule has 5 heteroatoms. The minimum atomic E-state index is -0.363. The van der Waals surface area contributed by atoms with E-state index in [0.29, 0.717) is 10.6 Å². The molecule has 0 aliphatic rings. The molecular formula is C20H17ClF2N2. The maximum Gasteiger partial charge on any atom is 0.129 e. The summed E-state index contributed by atoms with van der Waals surface area (Å²) in [6.07, 6.45) is 1.69. The van der Waals surface area contributed by atoms with E-state index in [1.165, 1.54) is 18.2 Å². The first-order chi connectivity index (χ1) is 12.1. The summed E-state index contributed by atoms with van der Waals surface area (Å²) in [6.45, 7) is 0.267. The SMILES string of the molecule is CN(Cc1c(F)cccc1Cl)C(c1cccc(F)c1)c1ccccn1. The van der Waals surface area contributed by atoms with Gasteiger partial charge >= 0.3 is 0 Å². The predicted molar refractivity (Wildman–Crippen MR) is 95.4 cm³/mol. The lowest BCUT2D eigenvalue weighted by atomic mass is 10.0. The third-order valence-electron chi connectivity index (χ3n) is 4.04. The molecule has 0 aliphatic carbocycles. The fourth-order valence-electron chi connectivity index (χ4n) is 2.89. The molecule has 3 rings (SSSR count). The summed E-state index contributed by atoms with van der Waals surface area (Å²) in [5.41, 5.74) is 1.90. The monoisotopic (exact) mass is 358 g/mol. The standard InChI is InChI=1S/C20H17ClF2N2/c1-25(13-16-17(21)8-5-9-18(16)23)20(19-10-2-3-11-24-19)14-6-4-7-15(22)12-14/h2-12,20H,13H2,1H3. The van der Waals surface area contributed by atoms with Crippen molar-refractivity contribution in [3.05, 3.63) is 100 Å². The lowest BCUT2D eigenvalue weighted by Crippen LogP contribution is -2.26. The highest BCUT2D eigenvalue weighted by Crippen LogP contribution is 2.30. The van der Waals surface area contributed by atoms with Crippen LogP contribution in [0, 0.1) is 11.6 Å². The molecule has 1 heterocycles. The van der Waals surface area contributed by atoms with Gasteiger partial charge in [-0.1, -0.05) is 35.9 Å². The molecule has 25 heavy (non-hydrogen) atoms. The second-order valence-electron chi connectivity index (χ2n) is 5.83. The third kappa shape index (κ3) is 4.03. The van der Waals surface area contributed by atoms with Crippen molar-refractivity contribution in [3.63, 3.8) is 0 Å². The van der Waals surface area contributed by atoms with E-state index in [1.54, 1.807) is 24.4 Å². The van der Waals surface area contributed by atoms with Gasteiger partial charge in [-0.15, -0.1) is 0 Å². The fraction of sp³-hybridized carbons (Fsp3) is 0.150. The summed E-state index contributed by atoms with van der Waals surface area (Å²) in [6, 6.07) is 16.2. The quantitative estimate of drug-likeness (QED) is 0.620. The summed E-state index contributed by atoms with van der Waals surface area (Å²) in [4.78, 5) is 6.31. The Labute approximate surface area is 150 Å². The molecule has 3 aromatic rings. The van der Waals surface area contributed by atoms with E-state index < -0.39 is 0 Å². The van der Waals surface area contributed by atoms with Gasteiger partial charge in [0, 0.05) is 23.3 Å². The second kappa shape index (κ2) is 7.72. The molecule has 0 aliphatic heterocycles. The van der Waals surface area contributed by atoms with Crippen LogP contribution in [0.25, 0.3) is 0 Å². The molecule has 1 atom stereocenters. The van der Waals surface area contributed by atoms with Crippen LogP contribution < -0.4 is 0 Å². The predicted octanol–water partition coefficient (Wildman–Crippen LogP) is 5.23. The molecule has 0 radical (unpaired) electrons. The van der Waals surface area contributed by atoms with Crippen molar-refractivity contribution in [3.8, 4) is 0 Å². The molecule has 0 N–H and O–H groups in total. The minimum Gasteiger partial charge on any atom is -0.290 e. The van der Waals surface area contributed by atoms with Gasteiger partial charge in [-0.2, -0.15) is 0 Å². The van der Waals surface area contributed by atoms with Crippen LogP contribution in [-0.4, -0.2) is 16.9 Å². The Hall–Kier alpha value is -2.30. The zero-order chi connectivity index (χ0) is 17.8. The number of nitrogens with zero attached hydrogens (tertiary/aromatic N) is 2. The Morgan fingerprint density at radius 2 is 1.84 bits per heavy atom. The summed E-state index contributed by atoms with van der Waals surface area (Å²) >= 11 is 6.15. The molecule has 2 nitrogen and oxygen atoms in total. The van der Waals surface area contributed by atoms with Gasteiger partial charge in [0.05, 0.1) is 11.7 Å².